The van der Waals surface area contributed by atoms with E-state index < -0.39 is 0 Å². The third-order valence-corrected chi connectivity index (χ3v) is 3.85. The van der Waals surface area contributed by atoms with E-state index in [1.165, 1.54) is 0 Å². The molecular formula is C10H20O2. The number of hydrogen-bond donors (Lipinski definition) is 1. The fourth-order valence-electron chi connectivity index (χ4n) is 2.48. The molecule has 2 heteroatoms. The Morgan fingerprint density at radius 2 is 1.67 bits per heavy atom. The molecule has 0 amide bonds. The van der Waals surface area contributed by atoms with Gasteiger partial charge < -0.3 is 9.84 Å². The van der Waals surface area contributed by atoms with Gasteiger partial charge in [-0.25, -0.2) is 0 Å². The summed E-state index contributed by atoms with van der Waals surface area (Å²) in [5.41, 5.74) is 0.510. The van der Waals surface area contributed by atoms with E-state index in [1.807, 2.05) is 0 Å². The molecule has 1 aliphatic carbocycles. The number of aliphatic hydroxyl groups excluding tert-OH is 1. The normalized spacial score (nSPS) is 28.5. The predicted molar refractivity (Wildman–Crippen MR) is 48.9 cm³/mol. The highest BCUT2D eigenvalue weighted by Gasteiger charge is 2.66. The molecule has 1 rings (SSSR count). The Hall–Kier alpha value is -0.0800. The number of rotatable bonds is 3. The molecule has 0 aliphatic heterocycles. The van der Waals surface area contributed by atoms with Crippen LogP contribution in [0.15, 0.2) is 0 Å². The zero-order valence-corrected chi connectivity index (χ0v) is 8.72. The first kappa shape index (κ1) is 10.0. The van der Waals surface area contributed by atoms with Gasteiger partial charge in [-0.15, -0.1) is 0 Å². The van der Waals surface area contributed by atoms with Gasteiger partial charge >= 0.3 is 0 Å². The molecule has 0 aromatic heterocycles. The summed E-state index contributed by atoms with van der Waals surface area (Å²) in [4.78, 5) is 0. The maximum atomic E-state index is 9.74. The molecule has 12 heavy (non-hydrogen) atoms. The molecule has 2 nitrogen and oxygen atoms in total. The summed E-state index contributed by atoms with van der Waals surface area (Å²) >= 11 is 0. The van der Waals surface area contributed by atoms with Crippen molar-refractivity contribution in [3.8, 4) is 0 Å². The van der Waals surface area contributed by atoms with Gasteiger partial charge in [0.1, 0.15) is 0 Å². The van der Waals surface area contributed by atoms with Gasteiger partial charge in [0.15, 0.2) is 0 Å². The Labute approximate surface area is 74.9 Å². The summed E-state index contributed by atoms with van der Waals surface area (Å²) in [6.45, 7) is 9.28. The lowest BCUT2D eigenvalue weighted by Gasteiger charge is -2.10. The van der Waals surface area contributed by atoms with E-state index in [0.717, 1.165) is 0 Å². The van der Waals surface area contributed by atoms with Crippen molar-refractivity contribution >= 4 is 0 Å². The average Bonchev–Trinajstić information content (AvgIpc) is 2.24. The minimum Gasteiger partial charge on any atom is -0.390 e. The molecule has 0 spiro atoms. The van der Waals surface area contributed by atoms with Crippen LogP contribution < -0.4 is 0 Å². The maximum Gasteiger partial charge on any atom is 0.0812 e. The minimum absolute atomic E-state index is 0.255. The number of hydrogen-bond acceptors (Lipinski definition) is 2. The topological polar surface area (TPSA) is 29.5 Å². The summed E-state index contributed by atoms with van der Waals surface area (Å²) in [6, 6.07) is 0. The SMILES string of the molecule is COCC(O)C1C(C)(C)C1(C)C. The molecule has 0 heterocycles. The van der Waals surface area contributed by atoms with Crippen molar-refractivity contribution in [2.75, 3.05) is 13.7 Å². The van der Waals surface area contributed by atoms with Crippen molar-refractivity contribution in [3.05, 3.63) is 0 Å². The summed E-state index contributed by atoms with van der Waals surface area (Å²) in [5.74, 6) is 0.380. The molecular weight excluding hydrogens is 152 g/mol. The lowest BCUT2D eigenvalue weighted by molar-refractivity contribution is 0.0384. The number of methoxy groups -OCH3 is 1. The van der Waals surface area contributed by atoms with E-state index in [9.17, 15) is 5.11 Å². The lowest BCUT2D eigenvalue weighted by Crippen LogP contribution is -2.20. The molecule has 0 aromatic carbocycles. The summed E-state index contributed by atoms with van der Waals surface area (Å²) < 4.78 is 4.94. The smallest absolute Gasteiger partial charge is 0.0812 e. The lowest BCUT2D eigenvalue weighted by atomic mass is 10.0. The average molecular weight is 172 g/mol. The van der Waals surface area contributed by atoms with Crippen LogP contribution in [0.25, 0.3) is 0 Å². The van der Waals surface area contributed by atoms with E-state index >= 15 is 0 Å². The minimum atomic E-state index is -0.306. The first-order valence-electron chi connectivity index (χ1n) is 4.52. The standard InChI is InChI=1S/C10H20O2/c1-9(2)8(10(9,3)4)7(11)6-12-5/h7-8,11H,6H2,1-5H3. The van der Waals surface area contributed by atoms with Gasteiger partial charge in [-0.2, -0.15) is 0 Å². The van der Waals surface area contributed by atoms with Crippen molar-refractivity contribution < 1.29 is 9.84 Å². The molecule has 1 saturated carbocycles. The molecule has 1 fully saturated rings. The highest BCUT2D eigenvalue weighted by molar-refractivity contribution is 5.14. The van der Waals surface area contributed by atoms with Gasteiger partial charge in [0.25, 0.3) is 0 Å². The molecule has 72 valence electrons. The Bertz CT molecular complexity index is 159. The van der Waals surface area contributed by atoms with Gasteiger partial charge in [0.05, 0.1) is 12.7 Å². The van der Waals surface area contributed by atoms with Crippen molar-refractivity contribution in [2.24, 2.45) is 16.7 Å². The van der Waals surface area contributed by atoms with Gasteiger partial charge in [-0.1, -0.05) is 27.7 Å². The summed E-state index contributed by atoms with van der Waals surface area (Å²) in [7, 11) is 1.63. The van der Waals surface area contributed by atoms with E-state index in [2.05, 4.69) is 27.7 Å². The third kappa shape index (κ3) is 1.17. The predicted octanol–water partition coefficient (Wildman–Crippen LogP) is 1.68. The molecule has 1 unspecified atom stereocenters. The van der Waals surface area contributed by atoms with E-state index in [4.69, 9.17) is 4.74 Å². The molecule has 1 aliphatic rings. The quantitative estimate of drug-likeness (QED) is 0.701. The molecule has 1 N–H and O–H groups in total. The van der Waals surface area contributed by atoms with Gasteiger partial charge in [0.2, 0.25) is 0 Å². The largest absolute Gasteiger partial charge is 0.390 e. The van der Waals surface area contributed by atoms with Crippen molar-refractivity contribution in [1.29, 1.82) is 0 Å². The molecule has 0 radical (unpaired) electrons. The Kier molecular flexibility index (Phi) is 2.26. The number of aliphatic hydroxyl groups is 1. The van der Waals surface area contributed by atoms with E-state index in [0.29, 0.717) is 12.5 Å². The van der Waals surface area contributed by atoms with Gasteiger partial charge in [-0.05, 0) is 16.7 Å². The van der Waals surface area contributed by atoms with Crippen molar-refractivity contribution in [2.45, 2.75) is 33.8 Å². The van der Waals surface area contributed by atoms with Crippen molar-refractivity contribution in [1.82, 2.24) is 0 Å². The van der Waals surface area contributed by atoms with Crippen LogP contribution in [-0.4, -0.2) is 24.9 Å². The molecule has 0 bridgehead atoms. The summed E-state index contributed by atoms with van der Waals surface area (Å²) in [5, 5.41) is 9.74. The van der Waals surface area contributed by atoms with Crippen LogP contribution in [0.1, 0.15) is 27.7 Å². The number of ether oxygens (including phenoxy) is 1. The monoisotopic (exact) mass is 172 g/mol. The molecule has 0 saturated heterocycles. The van der Waals surface area contributed by atoms with E-state index in [-0.39, 0.29) is 16.9 Å². The fraction of sp³-hybridized carbons (Fsp3) is 1.00. The van der Waals surface area contributed by atoms with Crippen LogP contribution in [0, 0.1) is 16.7 Å². The van der Waals surface area contributed by atoms with Crippen LogP contribution in [0.2, 0.25) is 0 Å². The highest BCUT2D eigenvalue weighted by atomic mass is 16.5. The second kappa shape index (κ2) is 2.71. The first-order chi connectivity index (χ1) is 5.35. The maximum absolute atomic E-state index is 9.74. The van der Waals surface area contributed by atoms with Crippen LogP contribution in [0.4, 0.5) is 0 Å². The third-order valence-electron chi connectivity index (χ3n) is 3.85. The van der Waals surface area contributed by atoms with E-state index in [1.54, 1.807) is 7.11 Å². The zero-order valence-electron chi connectivity index (χ0n) is 8.72. The highest BCUT2D eigenvalue weighted by Crippen LogP contribution is 2.69. The molecule has 1 atom stereocenters. The van der Waals surface area contributed by atoms with Gasteiger partial charge in [0, 0.05) is 7.11 Å². The first-order valence-corrected chi connectivity index (χ1v) is 4.52. The Morgan fingerprint density at radius 3 is 1.92 bits per heavy atom. The Morgan fingerprint density at radius 1 is 1.25 bits per heavy atom. The zero-order chi connectivity index (χ0) is 9.57. The van der Waals surface area contributed by atoms with Gasteiger partial charge in [-0.3, -0.25) is 0 Å². The molecule has 0 aromatic rings. The van der Waals surface area contributed by atoms with Crippen LogP contribution in [0.3, 0.4) is 0 Å². The van der Waals surface area contributed by atoms with Crippen LogP contribution in [-0.2, 0) is 4.74 Å². The Balaban J connectivity index is 2.58. The summed E-state index contributed by atoms with van der Waals surface area (Å²) in [6.07, 6.45) is -0.306. The second-order valence-electron chi connectivity index (χ2n) is 4.94. The van der Waals surface area contributed by atoms with Crippen LogP contribution in [0.5, 0.6) is 0 Å². The second-order valence-corrected chi connectivity index (χ2v) is 4.94. The van der Waals surface area contributed by atoms with Crippen molar-refractivity contribution in [3.63, 3.8) is 0 Å². The fourth-order valence-corrected chi connectivity index (χ4v) is 2.48. The van der Waals surface area contributed by atoms with Crippen LogP contribution >= 0.6 is 0 Å².